The summed E-state index contributed by atoms with van der Waals surface area (Å²) in [6.07, 6.45) is 1.66. The number of amides is 2. The smallest absolute Gasteiger partial charge is 0.321 e. The highest BCUT2D eigenvalue weighted by Gasteiger charge is 2.19. The van der Waals surface area contributed by atoms with E-state index in [1.807, 2.05) is 29.2 Å². The van der Waals surface area contributed by atoms with Gasteiger partial charge in [-0.05, 0) is 67.6 Å². The van der Waals surface area contributed by atoms with Gasteiger partial charge in [0.05, 0.1) is 19.3 Å². The van der Waals surface area contributed by atoms with E-state index in [1.165, 1.54) is 0 Å². The lowest BCUT2D eigenvalue weighted by atomic mass is 10.00. The minimum absolute atomic E-state index is 0.0414. The van der Waals surface area contributed by atoms with Crippen molar-refractivity contribution in [2.75, 3.05) is 61.5 Å². The van der Waals surface area contributed by atoms with Crippen LogP contribution in [0.4, 0.5) is 22.1 Å². The average molecular weight is 440 g/mol. The molecule has 1 aromatic carbocycles. The summed E-state index contributed by atoms with van der Waals surface area (Å²) in [5.74, 6) is 1.60. The quantitative estimate of drug-likeness (QED) is 0.640. The molecule has 2 aromatic rings. The van der Waals surface area contributed by atoms with E-state index in [0.29, 0.717) is 19.8 Å². The van der Waals surface area contributed by atoms with Crippen molar-refractivity contribution in [2.24, 2.45) is 0 Å². The van der Waals surface area contributed by atoms with Crippen LogP contribution in [0.3, 0.4) is 0 Å². The highest BCUT2D eigenvalue weighted by Crippen LogP contribution is 2.31. The fourth-order valence-corrected chi connectivity index (χ4v) is 4.10. The molecule has 0 saturated carbocycles. The van der Waals surface area contributed by atoms with Crippen LogP contribution in [0, 0.1) is 6.92 Å². The largest absolute Gasteiger partial charge is 0.392 e. The van der Waals surface area contributed by atoms with Gasteiger partial charge in [-0.3, -0.25) is 0 Å². The molecule has 8 nitrogen and oxygen atoms in total. The molecule has 3 heterocycles. The van der Waals surface area contributed by atoms with Crippen molar-refractivity contribution in [3.8, 4) is 11.1 Å². The fraction of sp³-hybridized carbons (Fsp3) is 0.500. The number of aromatic nitrogens is 1. The predicted molar refractivity (Wildman–Crippen MR) is 127 cm³/mol. The third-order valence-corrected chi connectivity index (χ3v) is 5.92. The van der Waals surface area contributed by atoms with Gasteiger partial charge in [0.2, 0.25) is 0 Å². The van der Waals surface area contributed by atoms with Gasteiger partial charge in [0.1, 0.15) is 11.6 Å². The van der Waals surface area contributed by atoms with Crippen LogP contribution < -0.4 is 15.5 Å². The van der Waals surface area contributed by atoms with Crippen LogP contribution in [0.2, 0.25) is 0 Å². The molecule has 4 rings (SSSR count). The summed E-state index contributed by atoms with van der Waals surface area (Å²) in [4.78, 5) is 21.4. The summed E-state index contributed by atoms with van der Waals surface area (Å²) >= 11 is 0. The minimum atomic E-state index is -0.474. The summed E-state index contributed by atoms with van der Waals surface area (Å²) < 4.78 is 5.50. The average Bonchev–Trinajstić information content (AvgIpc) is 3.34. The molecule has 3 N–H and O–H groups in total. The molecule has 2 aliphatic heterocycles. The number of nitrogens with zero attached hydrogens (tertiary/aromatic N) is 3. The number of nitrogens with one attached hydrogen (secondary N) is 2. The van der Waals surface area contributed by atoms with Crippen molar-refractivity contribution in [3.63, 3.8) is 0 Å². The van der Waals surface area contributed by atoms with E-state index < -0.39 is 6.10 Å². The zero-order valence-electron chi connectivity index (χ0n) is 18.9. The summed E-state index contributed by atoms with van der Waals surface area (Å²) in [5, 5.41) is 16.0. The first-order chi connectivity index (χ1) is 15.5. The molecule has 0 unspecified atom stereocenters. The lowest BCUT2D eigenvalue weighted by molar-refractivity contribution is 0.122. The van der Waals surface area contributed by atoms with Crippen molar-refractivity contribution in [2.45, 2.75) is 32.8 Å². The maximum Gasteiger partial charge on any atom is 0.321 e. The van der Waals surface area contributed by atoms with E-state index in [9.17, 15) is 9.90 Å². The van der Waals surface area contributed by atoms with E-state index >= 15 is 0 Å². The second-order valence-electron chi connectivity index (χ2n) is 8.58. The Balaban J connectivity index is 1.64. The van der Waals surface area contributed by atoms with Crippen LogP contribution in [0.5, 0.6) is 0 Å². The van der Waals surface area contributed by atoms with Crippen LogP contribution in [0.25, 0.3) is 11.1 Å². The molecule has 32 heavy (non-hydrogen) atoms. The van der Waals surface area contributed by atoms with Crippen molar-refractivity contribution >= 4 is 23.4 Å². The number of benzene rings is 1. The summed E-state index contributed by atoms with van der Waals surface area (Å²) in [6.45, 7) is 8.80. The second kappa shape index (κ2) is 10.2. The Morgan fingerprint density at radius 1 is 1.16 bits per heavy atom. The number of aliphatic hydroxyl groups excluding tert-OH is 1. The van der Waals surface area contributed by atoms with Gasteiger partial charge in [-0.25, -0.2) is 9.78 Å². The predicted octanol–water partition coefficient (Wildman–Crippen LogP) is 3.31. The summed E-state index contributed by atoms with van der Waals surface area (Å²) in [5.41, 5.74) is 3.96. The molecule has 2 saturated heterocycles. The zero-order chi connectivity index (χ0) is 22.5. The Bertz CT molecular complexity index is 937. The molecule has 2 fully saturated rings. The molecule has 1 aromatic heterocycles. The van der Waals surface area contributed by atoms with Gasteiger partial charge in [-0.2, -0.15) is 0 Å². The van der Waals surface area contributed by atoms with Gasteiger partial charge in [-0.1, -0.05) is 6.07 Å². The summed E-state index contributed by atoms with van der Waals surface area (Å²) in [7, 11) is 0. The number of morpholine rings is 1. The molecule has 0 spiro atoms. The first-order valence-corrected chi connectivity index (χ1v) is 11.4. The Kier molecular flexibility index (Phi) is 7.12. The number of carbonyl (C=O) groups excluding carboxylic acids is 1. The highest BCUT2D eigenvalue weighted by atomic mass is 16.5. The number of ether oxygens (including phenoxy) is 1. The Labute approximate surface area is 189 Å². The van der Waals surface area contributed by atoms with E-state index in [0.717, 1.165) is 73.0 Å². The van der Waals surface area contributed by atoms with Crippen molar-refractivity contribution in [1.29, 1.82) is 0 Å². The van der Waals surface area contributed by atoms with Crippen molar-refractivity contribution in [1.82, 2.24) is 9.88 Å². The number of aryl methyl sites for hydroxylation is 1. The maximum absolute atomic E-state index is 12.6. The van der Waals surface area contributed by atoms with E-state index in [1.54, 1.807) is 6.92 Å². The fourth-order valence-electron chi connectivity index (χ4n) is 4.10. The van der Waals surface area contributed by atoms with Gasteiger partial charge < -0.3 is 30.3 Å². The Hall–Kier alpha value is -2.84. The number of carbonyl (C=O) groups is 1. The molecule has 0 aliphatic carbocycles. The number of hydrogen-bond donors (Lipinski definition) is 3. The van der Waals surface area contributed by atoms with Crippen LogP contribution in [0.15, 0.2) is 30.3 Å². The van der Waals surface area contributed by atoms with Crippen LogP contribution >= 0.6 is 0 Å². The Morgan fingerprint density at radius 2 is 1.91 bits per heavy atom. The monoisotopic (exact) mass is 439 g/mol. The third kappa shape index (κ3) is 5.49. The lowest BCUT2D eigenvalue weighted by Crippen LogP contribution is -2.36. The topological polar surface area (TPSA) is 90.0 Å². The normalized spacial score (nSPS) is 17.3. The van der Waals surface area contributed by atoms with Crippen molar-refractivity contribution in [3.05, 3.63) is 35.9 Å². The highest BCUT2D eigenvalue weighted by molar-refractivity contribution is 5.90. The van der Waals surface area contributed by atoms with Gasteiger partial charge in [0, 0.05) is 38.4 Å². The number of urea groups is 1. The Morgan fingerprint density at radius 3 is 2.62 bits per heavy atom. The van der Waals surface area contributed by atoms with Gasteiger partial charge >= 0.3 is 6.03 Å². The number of rotatable bonds is 6. The molecule has 8 heteroatoms. The first kappa shape index (κ1) is 22.4. The molecule has 2 amide bonds. The second-order valence-corrected chi connectivity index (χ2v) is 8.58. The van der Waals surface area contributed by atoms with Crippen molar-refractivity contribution < 1.29 is 14.6 Å². The number of anilines is 3. The number of likely N-dealkylation sites (tertiary alicyclic amines) is 1. The molecule has 172 valence electrons. The number of hydrogen-bond acceptors (Lipinski definition) is 6. The summed E-state index contributed by atoms with van der Waals surface area (Å²) in [6, 6.07) is 10.1. The molecule has 2 aliphatic rings. The lowest BCUT2D eigenvalue weighted by Gasteiger charge is -2.28. The molecule has 0 radical (unpaired) electrons. The third-order valence-electron chi connectivity index (χ3n) is 5.92. The number of aliphatic hydroxyl groups is 1. The van der Waals surface area contributed by atoms with Gasteiger partial charge in [0.25, 0.3) is 0 Å². The number of pyridine rings is 1. The SMILES string of the molecule is Cc1ccc(NC(=O)N2CCCC2)cc1-c1cc(NC[C@@H](C)O)nc(N2CCOCC2)c1. The molecular formula is C24H33N5O3. The van der Waals surface area contributed by atoms with Crippen LogP contribution in [-0.2, 0) is 4.74 Å². The van der Waals surface area contributed by atoms with E-state index in [-0.39, 0.29) is 6.03 Å². The molecule has 0 bridgehead atoms. The van der Waals surface area contributed by atoms with Crippen LogP contribution in [-0.4, -0.2) is 73.1 Å². The van der Waals surface area contributed by atoms with E-state index in [4.69, 9.17) is 9.72 Å². The minimum Gasteiger partial charge on any atom is -0.392 e. The maximum atomic E-state index is 12.6. The van der Waals surface area contributed by atoms with Crippen LogP contribution in [0.1, 0.15) is 25.3 Å². The standard InChI is InChI=1S/C24H33N5O3/c1-17-5-6-20(26-24(31)29-7-3-4-8-29)15-21(17)19-13-22(25-16-18(2)30)27-23(14-19)28-9-11-32-12-10-28/h5-6,13-15,18,30H,3-4,7-12,16H2,1-2H3,(H,25,27)(H,26,31)/t18-/m1/s1. The van der Waals surface area contributed by atoms with E-state index in [2.05, 4.69) is 28.5 Å². The zero-order valence-corrected chi connectivity index (χ0v) is 18.9. The molecular weight excluding hydrogens is 406 g/mol. The van der Waals surface area contributed by atoms with Gasteiger partial charge in [0.15, 0.2) is 0 Å². The first-order valence-electron chi connectivity index (χ1n) is 11.4. The molecule has 1 atom stereocenters. The van der Waals surface area contributed by atoms with Gasteiger partial charge in [-0.15, -0.1) is 0 Å².